The number of aromatic nitrogens is 2. The van der Waals surface area contributed by atoms with Gasteiger partial charge >= 0.3 is 0 Å². The second kappa shape index (κ2) is 7.13. The van der Waals surface area contributed by atoms with Gasteiger partial charge in [0.25, 0.3) is 21.8 Å². The van der Waals surface area contributed by atoms with Crippen molar-refractivity contribution in [2.75, 3.05) is 4.72 Å². The standard InChI is InChI=1S/C20H15N5O4S/c1-24-18(14(10-21)11-22-24)23-30(28,29)15-8-6-13(7-9-15)12-25-19(26)16-4-2-3-5-17(16)20(25)27/h2-9,11,23H,12H2,1H3. The number of nitrogens with one attached hydrogen (secondary N) is 1. The molecule has 4 rings (SSSR count). The molecule has 0 bridgehead atoms. The molecule has 150 valence electrons. The van der Waals surface area contributed by atoms with Crippen LogP contribution in [0.15, 0.2) is 59.6 Å². The van der Waals surface area contributed by atoms with E-state index in [1.54, 1.807) is 24.3 Å². The Morgan fingerprint density at radius 2 is 1.63 bits per heavy atom. The van der Waals surface area contributed by atoms with E-state index in [0.717, 1.165) is 4.90 Å². The maximum absolute atomic E-state index is 12.6. The van der Waals surface area contributed by atoms with Gasteiger partial charge in [0, 0.05) is 7.05 Å². The smallest absolute Gasteiger partial charge is 0.263 e. The van der Waals surface area contributed by atoms with Crippen molar-refractivity contribution >= 4 is 27.7 Å². The maximum Gasteiger partial charge on any atom is 0.263 e. The van der Waals surface area contributed by atoms with Gasteiger partial charge in [0.15, 0.2) is 5.82 Å². The zero-order valence-corrected chi connectivity index (χ0v) is 16.5. The van der Waals surface area contributed by atoms with Crippen molar-refractivity contribution in [3.05, 3.63) is 77.0 Å². The van der Waals surface area contributed by atoms with Gasteiger partial charge in [-0.25, -0.2) is 8.42 Å². The van der Waals surface area contributed by atoms with Gasteiger partial charge in [-0.1, -0.05) is 24.3 Å². The number of imide groups is 1. The van der Waals surface area contributed by atoms with Gasteiger partial charge < -0.3 is 0 Å². The summed E-state index contributed by atoms with van der Waals surface area (Å²) in [4.78, 5) is 26.0. The van der Waals surface area contributed by atoms with Crippen molar-refractivity contribution in [2.24, 2.45) is 7.05 Å². The largest absolute Gasteiger partial charge is 0.270 e. The zero-order valence-electron chi connectivity index (χ0n) is 15.7. The fraction of sp³-hybridized carbons (Fsp3) is 0.100. The Kier molecular flexibility index (Phi) is 4.60. The summed E-state index contributed by atoms with van der Waals surface area (Å²) in [5.74, 6) is -0.698. The van der Waals surface area contributed by atoms with Crippen LogP contribution < -0.4 is 4.72 Å². The molecule has 2 aromatic carbocycles. The topological polar surface area (TPSA) is 125 Å². The van der Waals surface area contributed by atoms with Crippen LogP contribution in [0.4, 0.5) is 5.82 Å². The summed E-state index contributed by atoms with van der Waals surface area (Å²) in [6.07, 6.45) is 1.27. The number of aryl methyl sites for hydroxylation is 1. The number of amides is 2. The average Bonchev–Trinajstić information content (AvgIpc) is 3.21. The lowest BCUT2D eigenvalue weighted by molar-refractivity contribution is 0.0642. The number of benzene rings is 2. The molecular formula is C20H15N5O4S. The van der Waals surface area contributed by atoms with Crippen molar-refractivity contribution < 1.29 is 18.0 Å². The molecule has 2 amide bonds. The quantitative estimate of drug-likeness (QED) is 0.627. The van der Waals surface area contributed by atoms with Crippen molar-refractivity contribution in [2.45, 2.75) is 11.4 Å². The fourth-order valence-electron chi connectivity index (χ4n) is 3.17. The molecule has 0 spiro atoms. The van der Waals surface area contributed by atoms with E-state index in [-0.39, 0.29) is 34.6 Å². The summed E-state index contributed by atoms with van der Waals surface area (Å²) in [7, 11) is -2.44. The third kappa shape index (κ3) is 3.21. The Morgan fingerprint density at radius 1 is 1.03 bits per heavy atom. The highest BCUT2D eigenvalue weighted by Crippen LogP contribution is 2.25. The van der Waals surface area contributed by atoms with Gasteiger partial charge in [0.2, 0.25) is 0 Å². The lowest BCUT2D eigenvalue weighted by Crippen LogP contribution is -2.29. The van der Waals surface area contributed by atoms with Crippen LogP contribution in [-0.4, -0.2) is 34.9 Å². The number of carbonyl (C=O) groups is 2. The summed E-state index contributed by atoms with van der Waals surface area (Å²) in [5, 5.41) is 12.9. The third-order valence-electron chi connectivity index (χ3n) is 4.74. The van der Waals surface area contributed by atoms with Crippen molar-refractivity contribution in [1.29, 1.82) is 5.26 Å². The van der Waals surface area contributed by atoms with E-state index in [4.69, 9.17) is 5.26 Å². The van der Waals surface area contributed by atoms with E-state index in [1.165, 1.54) is 42.2 Å². The first kappa shape index (κ1) is 19.4. The van der Waals surface area contributed by atoms with Gasteiger partial charge in [0.05, 0.1) is 28.8 Å². The lowest BCUT2D eigenvalue weighted by atomic mass is 10.1. The van der Waals surface area contributed by atoms with E-state index in [2.05, 4.69) is 9.82 Å². The van der Waals surface area contributed by atoms with Gasteiger partial charge in [0.1, 0.15) is 11.6 Å². The predicted molar refractivity (Wildman–Crippen MR) is 106 cm³/mol. The summed E-state index contributed by atoms with van der Waals surface area (Å²) in [5.41, 5.74) is 1.41. The lowest BCUT2D eigenvalue weighted by Gasteiger charge is -2.14. The molecule has 1 aliphatic rings. The molecule has 0 unspecified atom stereocenters. The molecule has 30 heavy (non-hydrogen) atoms. The second-order valence-corrected chi connectivity index (χ2v) is 8.32. The summed E-state index contributed by atoms with van der Waals surface area (Å²) < 4.78 is 28.9. The van der Waals surface area contributed by atoms with Crippen LogP contribution in [0, 0.1) is 11.3 Å². The van der Waals surface area contributed by atoms with Gasteiger partial charge in [-0.05, 0) is 29.8 Å². The first-order chi connectivity index (χ1) is 14.3. The highest BCUT2D eigenvalue weighted by molar-refractivity contribution is 7.92. The number of sulfonamides is 1. The molecular weight excluding hydrogens is 406 g/mol. The molecule has 2 heterocycles. The highest BCUT2D eigenvalue weighted by Gasteiger charge is 2.35. The van der Waals surface area contributed by atoms with Crippen LogP contribution in [0.1, 0.15) is 31.8 Å². The molecule has 0 atom stereocenters. The van der Waals surface area contributed by atoms with Gasteiger partial charge in [-0.15, -0.1) is 0 Å². The number of rotatable bonds is 5. The summed E-state index contributed by atoms with van der Waals surface area (Å²) in [6.45, 7) is 0.0282. The molecule has 9 nitrogen and oxygen atoms in total. The second-order valence-electron chi connectivity index (χ2n) is 6.63. The van der Waals surface area contributed by atoms with Crippen LogP contribution in [0.25, 0.3) is 0 Å². The summed E-state index contributed by atoms with van der Waals surface area (Å²) >= 11 is 0. The first-order valence-electron chi connectivity index (χ1n) is 8.81. The Bertz CT molecular complexity index is 1280. The van der Waals surface area contributed by atoms with E-state index in [1.807, 2.05) is 6.07 Å². The van der Waals surface area contributed by atoms with E-state index in [0.29, 0.717) is 16.7 Å². The molecule has 0 fully saturated rings. The number of anilines is 1. The third-order valence-corrected chi connectivity index (χ3v) is 6.10. The van der Waals surface area contributed by atoms with Gasteiger partial charge in [-0.3, -0.25) is 23.9 Å². The maximum atomic E-state index is 12.6. The van der Waals surface area contributed by atoms with Crippen LogP contribution in [0.5, 0.6) is 0 Å². The van der Waals surface area contributed by atoms with Gasteiger partial charge in [-0.2, -0.15) is 10.4 Å². The Balaban J connectivity index is 1.54. The molecule has 10 heteroatoms. The number of hydrogen-bond donors (Lipinski definition) is 1. The Labute approximate surface area is 172 Å². The molecule has 3 aromatic rings. The van der Waals surface area contributed by atoms with E-state index in [9.17, 15) is 18.0 Å². The fourth-order valence-corrected chi connectivity index (χ4v) is 4.27. The summed E-state index contributed by atoms with van der Waals surface area (Å²) in [6, 6.07) is 14.3. The van der Waals surface area contributed by atoms with Crippen LogP contribution in [-0.2, 0) is 23.6 Å². The SMILES string of the molecule is Cn1ncc(C#N)c1NS(=O)(=O)c1ccc(CN2C(=O)c3ccccc3C2=O)cc1. The predicted octanol–water partition coefficient (Wildman–Crippen LogP) is 1.89. The molecule has 0 radical (unpaired) electrons. The number of nitriles is 1. The van der Waals surface area contributed by atoms with E-state index >= 15 is 0 Å². The molecule has 1 aliphatic heterocycles. The average molecular weight is 421 g/mol. The van der Waals surface area contributed by atoms with Crippen molar-refractivity contribution in [3.8, 4) is 6.07 Å². The van der Waals surface area contributed by atoms with Crippen molar-refractivity contribution in [1.82, 2.24) is 14.7 Å². The first-order valence-corrected chi connectivity index (χ1v) is 10.3. The Hall–Kier alpha value is -3.97. The molecule has 1 aromatic heterocycles. The van der Waals surface area contributed by atoms with Crippen LogP contribution in [0.3, 0.4) is 0 Å². The molecule has 0 saturated carbocycles. The van der Waals surface area contributed by atoms with E-state index < -0.39 is 10.0 Å². The number of fused-ring (bicyclic) bond motifs is 1. The van der Waals surface area contributed by atoms with Crippen molar-refractivity contribution in [3.63, 3.8) is 0 Å². The minimum Gasteiger partial charge on any atom is -0.270 e. The normalized spacial score (nSPS) is 13.3. The Morgan fingerprint density at radius 3 is 2.20 bits per heavy atom. The van der Waals surface area contributed by atoms with Crippen LogP contribution >= 0.6 is 0 Å². The molecule has 0 saturated heterocycles. The molecule has 0 aliphatic carbocycles. The number of carbonyl (C=O) groups excluding carboxylic acids is 2. The number of nitrogens with zero attached hydrogens (tertiary/aromatic N) is 4. The minimum atomic E-state index is -3.96. The zero-order chi connectivity index (χ0) is 21.5. The minimum absolute atomic E-state index is 0.0282. The molecule has 1 N–H and O–H groups in total. The monoisotopic (exact) mass is 421 g/mol. The highest BCUT2D eigenvalue weighted by atomic mass is 32.2. The van der Waals surface area contributed by atoms with Crippen LogP contribution in [0.2, 0.25) is 0 Å². The number of hydrogen-bond acceptors (Lipinski definition) is 6.